The van der Waals surface area contributed by atoms with Crippen LogP contribution in [0.3, 0.4) is 0 Å². The standard InChI is InChI=1S/C26H34N4O2/c1-18-8-10-21-22(29(18)26(31)32-2)11-12-23-25(21)28-24(13-9-19-6-4-3-5-7-19)30(23)20-14-16-27-17-15-20/h3-7,11-12,18,20,26-27,31H,8-10,13-17H2,1-2H3/t18-,26?/m0/s1. The van der Waals surface area contributed by atoms with Crippen molar-refractivity contribution in [1.82, 2.24) is 14.9 Å². The van der Waals surface area contributed by atoms with Gasteiger partial charge < -0.3 is 24.6 Å². The largest absolute Gasteiger partial charge is 0.351 e. The number of imidazole rings is 1. The van der Waals surface area contributed by atoms with Crippen molar-refractivity contribution in [2.24, 2.45) is 0 Å². The fourth-order valence-corrected chi connectivity index (χ4v) is 5.47. The summed E-state index contributed by atoms with van der Waals surface area (Å²) in [6, 6.07) is 15.8. The lowest BCUT2D eigenvalue weighted by molar-refractivity contribution is -0.0794. The van der Waals surface area contributed by atoms with E-state index in [1.807, 2.05) is 4.90 Å². The molecule has 1 fully saturated rings. The van der Waals surface area contributed by atoms with E-state index in [4.69, 9.17) is 9.72 Å². The number of anilines is 1. The number of ether oxygens (including phenoxy) is 1. The minimum absolute atomic E-state index is 0.221. The number of methoxy groups -OCH3 is 1. The van der Waals surface area contributed by atoms with Crippen LogP contribution in [0.15, 0.2) is 42.5 Å². The average molecular weight is 435 g/mol. The minimum atomic E-state index is -0.939. The van der Waals surface area contributed by atoms with Gasteiger partial charge in [0.05, 0.1) is 11.0 Å². The molecule has 32 heavy (non-hydrogen) atoms. The van der Waals surface area contributed by atoms with Crippen LogP contribution >= 0.6 is 0 Å². The van der Waals surface area contributed by atoms with E-state index in [0.717, 1.165) is 62.8 Å². The Morgan fingerprint density at radius 1 is 1.09 bits per heavy atom. The van der Waals surface area contributed by atoms with Gasteiger partial charge in [-0.05, 0) is 69.8 Å². The maximum absolute atomic E-state index is 10.5. The molecule has 3 aromatic rings. The van der Waals surface area contributed by atoms with Crippen LogP contribution in [-0.4, -0.2) is 47.3 Å². The highest BCUT2D eigenvalue weighted by Gasteiger charge is 2.31. The SMILES string of the molecule is COC(O)N1c2ccc3c(nc(CCc4ccccc4)n3C3CCNCC3)c2CC[C@@H]1C. The third-order valence-electron chi connectivity index (χ3n) is 7.18. The Hall–Kier alpha value is -2.41. The predicted molar refractivity (Wildman–Crippen MR) is 128 cm³/mol. The normalized spacial score (nSPS) is 20.5. The molecule has 3 heterocycles. The second-order valence-electron chi connectivity index (χ2n) is 9.15. The summed E-state index contributed by atoms with van der Waals surface area (Å²) in [5.74, 6) is 1.18. The zero-order valence-electron chi connectivity index (χ0n) is 19.1. The molecule has 2 aliphatic heterocycles. The number of aromatic nitrogens is 2. The fraction of sp³-hybridized carbons (Fsp3) is 0.500. The van der Waals surface area contributed by atoms with Crippen LogP contribution in [0.5, 0.6) is 0 Å². The Bertz CT molecular complexity index is 1060. The Kier molecular flexibility index (Phi) is 6.17. The van der Waals surface area contributed by atoms with Crippen LogP contribution in [0, 0.1) is 0 Å². The lowest BCUT2D eigenvalue weighted by Gasteiger charge is -2.39. The second kappa shape index (κ2) is 9.22. The Morgan fingerprint density at radius 2 is 1.88 bits per heavy atom. The number of piperidine rings is 1. The van der Waals surface area contributed by atoms with Gasteiger partial charge >= 0.3 is 0 Å². The van der Waals surface area contributed by atoms with E-state index in [1.54, 1.807) is 7.11 Å². The number of hydrogen-bond acceptors (Lipinski definition) is 5. The van der Waals surface area contributed by atoms with Crippen molar-refractivity contribution < 1.29 is 9.84 Å². The molecule has 2 aliphatic rings. The number of nitrogens with one attached hydrogen (secondary N) is 1. The highest BCUT2D eigenvalue weighted by Crippen LogP contribution is 2.38. The maximum atomic E-state index is 10.5. The summed E-state index contributed by atoms with van der Waals surface area (Å²) in [6.07, 6.45) is 5.19. The van der Waals surface area contributed by atoms with Crippen molar-refractivity contribution in [2.75, 3.05) is 25.1 Å². The first-order valence-corrected chi connectivity index (χ1v) is 11.9. The predicted octanol–water partition coefficient (Wildman–Crippen LogP) is 3.81. The highest BCUT2D eigenvalue weighted by molar-refractivity contribution is 5.86. The number of benzene rings is 2. The molecule has 0 spiro atoms. The summed E-state index contributed by atoms with van der Waals surface area (Å²) < 4.78 is 7.81. The molecule has 1 aromatic heterocycles. The van der Waals surface area contributed by atoms with Crippen molar-refractivity contribution in [3.05, 3.63) is 59.4 Å². The van der Waals surface area contributed by atoms with Crippen LogP contribution in [0.25, 0.3) is 11.0 Å². The zero-order valence-corrected chi connectivity index (χ0v) is 19.1. The number of fused-ring (bicyclic) bond motifs is 3. The van der Waals surface area contributed by atoms with Gasteiger partial charge in [0, 0.05) is 36.9 Å². The van der Waals surface area contributed by atoms with E-state index < -0.39 is 6.41 Å². The minimum Gasteiger partial charge on any atom is -0.351 e. The van der Waals surface area contributed by atoms with Crippen molar-refractivity contribution in [3.8, 4) is 0 Å². The molecule has 170 valence electrons. The van der Waals surface area contributed by atoms with Crippen LogP contribution < -0.4 is 10.2 Å². The first kappa shape index (κ1) is 21.4. The van der Waals surface area contributed by atoms with Gasteiger partial charge in [0.15, 0.2) is 0 Å². The number of rotatable bonds is 6. The molecular weight excluding hydrogens is 400 g/mol. The molecule has 2 N–H and O–H groups in total. The number of aliphatic hydroxyl groups is 1. The quantitative estimate of drug-likeness (QED) is 0.578. The Labute approximate surface area is 190 Å². The molecule has 2 aromatic carbocycles. The van der Waals surface area contributed by atoms with Gasteiger partial charge in [0.25, 0.3) is 0 Å². The number of hydrogen-bond donors (Lipinski definition) is 2. The molecule has 6 nitrogen and oxygen atoms in total. The summed E-state index contributed by atoms with van der Waals surface area (Å²) in [7, 11) is 1.55. The van der Waals surface area contributed by atoms with Crippen molar-refractivity contribution >= 4 is 16.7 Å². The van der Waals surface area contributed by atoms with Crippen molar-refractivity contribution in [1.29, 1.82) is 0 Å². The first-order chi connectivity index (χ1) is 15.7. The molecule has 2 atom stereocenters. The number of nitrogens with zero attached hydrogens (tertiary/aromatic N) is 3. The van der Waals surface area contributed by atoms with E-state index in [2.05, 4.69) is 59.3 Å². The summed E-state index contributed by atoms with van der Waals surface area (Å²) in [5.41, 5.74) is 5.98. The van der Waals surface area contributed by atoms with Gasteiger partial charge in [-0.1, -0.05) is 30.3 Å². The fourth-order valence-electron chi connectivity index (χ4n) is 5.47. The summed E-state index contributed by atoms with van der Waals surface area (Å²) in [5, 5.41) is 14.0. The van der Waals surface area contributed by atoms with Crippen LogP contribution in [0.2, 0.25) is 0 Å². The lowest BCUT2D eigenvalue weighted by Crippen LogP contribution is -2.45. The summed E-state index contributed by atoms with van der Waals surface area (Å²) in [6.45, 7) is 4.26. The smallest absolute Gasteiger partial charge is 0.237 e. The topological polar surface area (TPSA) is 62.6 Å². The molecule has 0 radical (unpaired) electrons. The number of aryl methyl sites for hydroxylation is 3. The summed E-state index contributed by atoms with van der Waals surface area (Å²) >= 11 is 0. The Morgan fingerprint density at radius 3 is 2.62 bits per heavy atom. The molecule has 5 rings (SSSR count). The van der Waals surface area contributed by atoms with Crippen LogP contribution in [-0.2, 0) is 24.0 Å². The van der Waals surface area contributed by atoms with E-state index in [9.17, 15) is 5.11 Å². The van der Waals surface area contributed by atoms with Gasteiger partial charge in [0.1, 0.15) is 5.82 Å². The average Bonchev–Trinajstić information content (AvgIpc) is 3.22. The van der Waals surface area contributed by atoms with E-state index >= 15 is 0 Å². The Balaban J connectivity index is 1.58. The highest BCUT2D eigenvalue weighted by atomic mass is 16.6. The molecular formula is C26H34N4O2. The van der Waals surface area contributed by atoms with Crippen LogP contribution in [0.4, 0.5) is 5.69 Å². The van der Waals surface area contributed by atoms with Gasteiger partial charge in [0.2, 0.25) is 6.41 Å². The van der Waals surface area contributed by atoms with Gasteiger partial charge in [-0.3, -0.25) is 0 Å². The molecule has 0 saturated carbocycles. The van der Waals surface area contributed by atoms with Gasteiger partial charge in [-0.25, -0.2) is 4.98 Å². The summed E-state index contributed by atoms with van der Waals surface area (Å²) in [4.78, 5) is 7.25. The molecule has 0 bridgehead atoms. The molecule has 1 saturated heterocycles. The maximum Gasteiger partial charge on any atom is 0.237 e. The third-order valence-corrected chi connectivity index (χ3v) is 7.18. The van der Waals surface area contributed by atoms with Crippen molar-refractivity contribution in [2.45, 2.75) is 63.9 Å². The number of aliphatic hydroxyl groups excluding tert-OH is 1. The monoisotopic (exact) mass is 434 g/mol. The molecule has 0 aliphatic carbocycles. The van der Waals surface area contributed by atoms with E-state index in [1.165, 1.54) is 22.5 Å². The zero-order chi connectivity index (χ0) is 22.1. The van der Waals surface area contributed by atoms with Gasteiger partial charge in [-0.15, -0.1) is 0 Å². The van der Waals surface area contributed by atoms with E-state index in [-0.39, 0.29) is 6.04 Å². The van der Waals surface area contributed by atoms with Crippen LogP contribution in [0.1, 0.15) is 49.2 Å². The second-order valence-corrected chi connectivity index (χ2v) is 9.15. The molecule has 6 heteroatoms. The van der Waals surface area contributed by atoms with Gasteiger partial charge in [-0.2, -0.15) is 0 Å². The third kappa shape index (κ3) is 3.91. The van der Waals surface area contributed by atoms with E-state index in [0.29, 0.717) is 6.04 Å². The molecule has 1 unspecified atom stereocenters. The van der Waals surface area contributed by atoms with Crippen molar-refractivity contribution in [3.63, 3.8) is 0 Å². The first-order valence-electron chi connectivity index (χ1n) is 11.9. The molecule has 0 amide bonds. The lowest BCUT2D eigenvalue weighted by atomic mass is 9.95.